The SMILES string of the molecule is CC(C)n1ncc2c(C(=O)NCC(=O)OCc3ccccc3)cc(-c3ccccc3)nc21. The van der Waals surface area contributed by atoms with Gasteiger partial charge in [-0.2, -0.15) is 5.10 Å². The predicted molar refractivity (Wildman–Crippen MR) is 122 cm³/mol. The molecule has 0 aliphatic heterocycles. The second-order valence-electron chi connectivity index (χ2n) is 7.67. The molecule has 4 rings (SSSR count). The highest BCUT2D eigenvalue weighted by atomic mass is 16.5. The molecule has 2 aromatic heterocycles. The van der Waals surface area contributed by atoms with E-state index in [1.54, 1.807) is 16.9 Å². The van der Waals surface area contributed by atoms with Crippen LogP contribution in [0.3, 0.4) is 0 Å². The number of rotatable bonds is 7. The van der Waals surface area contributed by atoms with Crippen molar-refractivity contribution in [2.45, 2.75) is 26.5 Å². The topological polar surface area (TPSA) is 86.1 Å². The van der Waals surface area contributed by atoms with Crippen LogP contribution in [0, 0.1) is 0 Å². The lowest BCUT2D eigenvalue weighted by Gasteiger charge is -2.11. The van der Waals surface area contributed by atoms with E-state index in [-0.39, 0.29) is 25.1 Å². The molecular weight excluding hydrogens is 404 g/mol. The molecule has 1 N–H and O–H groups in total. The average molecular weight is 428 g/mol. The molecule has 0 unspecified atom stereocenters. The summed E-state index contributed by atoms with van der Waals surface area (Å²) in [6.45, 7) is 3.94. The summed E-state index contributed by atoms with van der Waals surface area (Å²) in [4.78, 5) is 29.9. The Hall–Kier alpha value is -4.00. The summed E-state index contributed by atoms with van der Waals surface area (Å²) in [5, 5.41) is 7.71. The van der Waals surface area contributed by atoms with Gasteiger partial charge in [0.1, 0.15) is 13.2 Å². The number of carbonyl (C=O) groups is 2. The van der Waals surface area contributed by atoms with E-state index in [9.17, 15) is 9.59 Å². The first-order chi connectivity index (χ1) is 15.5. The van der Waals surface area contributed by atoms with Crippen molar-refractivity contribution in [3.05, 3.63) is 84.1 Å². The van der Waals surface area contributed by atoms with Crippen molar-refractivity contribution in [2.24, 2.45) is 0 Å². The largest absolute Gasteiger partial charge is 0.460 e. The number of esters is 1. The minimum absolute atomic E-state index is 0.0786. The van der Waals surface area contributed by atoms with Crippen molar-refractivity contribution in [1.29, 1.82) is 0 Å². The monoisotopic (exact) mass is 428 g/mol. The normalized spacial score (nSPS) is 11.0. The van der Waals surface area contributed by atoms with Crippen molar-refractivity contribution in [2.75, 3.05) is 6.54 Å². The van der Waals surface area contributed by atoms with Crippen LogP contribution in [-0.2, 0) is 16.1 Å². The Balaban J connectivity index is 1.55. The predicted octanol–water partition coefficient (Wildman–Crippen LogP) is 4.15. The van der Waals surface area contributed by atoms with E-state index >= 15 is 0 Å². The Morgan fingerprint density at radius 1 is 1.03 bits per heavy atom. The first-order valence-electron chi connectivity index (χ1n) is 10.4. The third-order valence-corrected chi connectivity index (χ3v) is 5.01. The van der Waals surface area contributed by atoms with Gasteiger partial charge in [-0.3, -0.25) is 9.59 Å². The van der Waals surface area contributed by atoms with E-state index in [0.717, 1.165) is 11.1 Å². The molecule has 1 amide bonds. The number of hydrogen-bond acceptors (Lipinski definition) is 5. The first kappa shape index (κ1) is 21.2. The Kier molecular flexibility index (Phi) is 6.26. The zero-order chi connectivity index (χ0) is 22.5. The number of nitrogens with one attached hydrogen (secondary N) is 1. The van der Waals surface area contributed by atoms with E-state index in [0.29, 0.717) is 22.3 Å². The van der Waals surface area contributed by atoms with Gasteiger partial charge >= 0.3 is 5.97 Å². The van der Waals surface area contributed by atoms with Crippen LogP contribution < -0.4 is 5.32 Å². The highest BCUT2D eigenvalue weighted by molar-refractivity contribution is 6.07. The van der Waals surface area contributed by atoms with Crippen molar-refractivity contribution < 1.29 is 14.3 Å². The number of hydrogen-bond donors (Lipinski definition) is 1. The molecule has 0 aliphatic carbocycles. The lowest BCUT2D eigenvalue weighted by molar-refractivity contribution is -0.143. The fourth-order valence-corrected chi connectivity index (χ4v) is 3.38. The summed E-state index contributed by atoms with van der Waals surface area (Å²) < 4.78 is 7.03. The first-order valence-corrected chi connectivity index (χ1v) is 10.4. The molecule has 7 heteroatoms. The van der Waals surface area contributed by atoms with Crippen LogP contribution in [0.1, 0.15) is 35.8 Å². The molecule has 2 heterocycles. The van der Waals surface area contributed by atoms with Crippen LogP contribution in [0.4, 0.5) is 0 Å². The number of carbonyl (C=O) groups excluding carboxylic acids is 2. The van der Waals surface area contributed by atoms with Gasteiger partial charge in [0.05, 0.1) is 22.8 Å². The Bertz CT molecular complexity index is 1230. The molecule has 0 fully saturated rings. The van der Waals surface area contributed by atoms with E-state index in [2.05, 4.69) is 10.4 Å². The molecule has 0 radical (unpaired) electrons. The van der Waals surface area contributed by atoms with Crippen LogP contribution in [0.15, 0.2) is 72.9 Å². The summed E-state index contributed by atoms with van der Waals surface area (Å²) in [7, 11) is 0. The molecule has 0 atom stereocenters. The average Bonchev–Trinajstić information content (AvgIpc) is 3.26. The molecule has 0 saturated carbocycles. The maximum atomic E-state index is 13.0. The number of ether oxygens (including phenoxy) is 1. The molecule has 0 spiro atoms. The number of fused-ring (bicyclic) bond motifs is 1. The summed E-state index contributed by atoms with van der Waals surface area (Å²) in [6.07, 6.45) is 1.64. The number of pyridine rings is 1. The highest BCUT2D eigenvalue weighted by Crippen LogP contribution is 2.26. The highest BCUT2D eigenvalue weighted by Gasteiger charge is 2.19. The number of benzene rings is 2. The number of amides is 1. The third kappa shape index (κ3) is 4.67. The molecule has 7 nitrogen and oxygen atoms in total. The van der Waals surface area contributed by atoms with Crippen LogP contribution in [0.2, 0.25) is 0 Å². The van der Waals surface area contributed by atoms with E-state index in [1.165, 1.54) is 0 Å². The lowest BCUT2D eigenvalue weighted by atomic mass is 10.1. The molecule has 2 aromatic carbocycles. The zero-order valence-corrected chi connectivity index (χ0v) is 18.0. The molecule has 32 heavy (non-hydrogen) atoms. The van der Waals surface area contributed by atoms with Crippen molar-refractivity contribution in [1.82, 2.24) is 20.1 Å². The second-order valence-corrected chi connectivity index (χ2v) is 7.67. The molecule has 0 bridgehead atoms. The number of aromatic nitrogens is 3. The maximum absolute atomic E-state index is 13.0. The summed E-state index contributed by atoms with van der Waals surface area (Å²) in [6, 6.07) is 20.8. The minimum Gasteiger partial charge on any atom is -0.460 e. The Morgan fingerprint density at radius 2 is 1.72 bits per heavy atom. The quantitative estimate of drug-likeness (QED) is 0.447. The molecular formula is C25H24N4O3. The molecule has 0 aliphatic rings. The van der Waals surface area contributed by atoms with Crippen LogP contribution in [0.25, 0.3) is 22.3 Å². The third-order valence-electron chi connectivity index (χ3n) is 5.01. The van der Waals surface area contributed by atoms with Crippen LogP contribution in [-0.4, -0.2) is 33.2 Å². The lowest BCUT2D eigenvalue weighted by Crippen LogP contribution is -2.30. The standard InChI is InChI=1S/C25H24N4O3/c1-17(2)29-24-21(14-27-29)20(13-22(28-24)19-11-7-4-8-12-19)25(31)26-15-23(30)32-16-18-9-5-3-6-10-18/h3-14,17H,15-16H2,1-2H3,(H,26,31). The summed E-state index contributed by atoms with van der Waals surface area (Å²) >= 11 is 0. The van der Waals surface area contributed by atoms with Gasteiger partial charge in [0.2, 0.25) is 0 Å². The Morgan fingerprint density at radius 3 is 2.41 bits per heavy atom. The van der Waals surface area contributed by atoms with Crippen LogP contribution >= 0.6 is 0 Å². The van der Waals surface area contributed by atoms with E-state index < -0.39 is 5.97 Å². The van der Waals surface area contributed by atoms with Crippen molar-refractivity contribution in [3.8, 4) is 11.3 Å². The Labute approximate surface area is 186 Å². The van der Waals surface area contributed by atoms with Gasteiger partial charge in [-0.25, -0.2) is 9.67 Å². The zero-order valence-electron chi connectivity index (χ0n) is 18.0. The van der Waals surface area contributed by atoms with E-state index in [1.807, 2.05) is 74.5 Å². The van der Waals surface area contributed by atoms with Gasteiger partial charge in [0.15, 0.2) is 5.65 Å². The summed E-state index contributed by atoms with van der Waals surface area (Å²) in [5.74, 6) is -0.886. The molecule has 162 valence electrons. The van der Waals surface area contributed by atoms with Gasteiger partial charge in [-0.05, 0) is 25.5 Å². The van der Waals surface area contributed by atoms with Gasteiger partial charge in [-0.1, -0.05) is 60.7 Å². The fourth-order valence-electron chi connectivity index (χ4n) is 3.38. The molecule has 0 saturated heterocycles. The van der Waals surface area contributed by atoms with Crippen LogP contribution in [0.5, 0.6) is 0 Å². The van der Waals surface area contributed by atoms with Crippen molar-refractivity contribution in [3.63, 3.8) is 0 Å². The second kappa shape index (κ2) is 9.43. The van der Waals surface area contributed by atoms with Gasteiger partial charge < -0.3 is 10.1 Å². The minimum atomic E-state index is -0.506. The van der Waals surface area contributed by atoms with Crippen molar-refractivity contribution >= 4 is 22.9 Å². The maximum Gasteiger partial charge on any atom is 0.325 e. The molecule has 4 aromatic rings. The van der Waals surface area contributed by atoms with Gasteiger partial charge in [0, 0.05) is 11.6 Å². The van der Waals surface area contributed by atoms with Gasteiger partial charge in [-0.15, -0.1) is 0 Å². The van der Waals surface area contributed by atoms with Gasteiger partial charge in [0.25, 0.3) is 5.91 Å². The fraction of sp³-hybridized carbons (Fsp3) is 0.200. The van der Waals surface area contributed by atoms with E-state index in [4.69, 9.17) is 9.72 Å². The summed E-state index contributed by atoms with van der Waals surface area (Å²) in [5.41, 5.74) is 3.48. The smallest absolute Gasteiger partial charge is 0.325 e. The number of nitrogens with zero attached hydrogens (tertiary/aromatic N) is 3.